The van der Waals surface area contributed by atoms with Crippen molar-refractivity contribution >= 4 is 11.8 Å². The summed E-state index contributed by atoms with van der Waals surface area (Å²) in [6.45, 7) is 0. The van der Waals surface area contributed by atoms with Crippen LogP contribution in [-0.2, 0) is 0 Å². The molecule has 0 bridgehead atoms. The zero-order valence-corrected chi connectivity index (χ0v) is 13.5. The highest BCUT2D eigenvalue weighted by atomic mass is 32.2. The summed E-state index contributed by atoms with van der Waals surface area (Å²) in [5.74, 6) is 1.51. The molecule has 3 aromatic carbocycles. The maximum absolute atomic E-state index is 9.23. The fourth-order valence-electron chi connectivity index (χ4n) is 2.14. The molecule has 0 heterocycles. The SMILES string of the molecule is N#Cc1cccc(C#N)c1Sc1ccc(Oc2ccccc2)cc1. The molecular formula is C20H12N2OS. The summed E-state index contributed by atoms with van der Waals surface area (Å²) in [6, 6.07) is 26.6. The van der Waals surface area contributed by atoms with Crippen molar-refractivity contribution in [2.45, 2.75) is 9.79 Å². The van der Waals surface area contributed by atoms with E-state index in [4.69, 9.17) is 4.74 Å². The minimum Gasteiger partial charge on any atom is -0.457 e. The molecule has 0 spiro atoms. The van der Waals surface area contributed by atoms with Gasteiger partial charge < -0.3 is 4.74 Å². The first-order valence-electron chi connectivity index (χ1n) is 7.24. The van der Waals surface area contributed by atoms with E-state index in [-0.39, 0.29) is 0 Å². The summed E-state index contributed by atoms with van der Waals surface area (Å²) in [5.41, 5.74) is 1.01. The molecule has 0 aliphatic carbocycles. The number of hydrogen-bond acceptors (Lipinski definition) is 4. The van der Waals surface area contributed by atoms with E-state index in [1.54, 1.807) is 18.2 Å². The molecule has 3 nitrogen and oxygen atoms in total. The Bertz CT molecular complexity index is 890. The minimum atomic E-state index is 0.503. The van der Waals surface area contributed by atoms with E-state index in [9.17, 15) is 10.5 Å². The second-order valence-corrected chi connectivity index (χ2v) is 5.98. The Morgan fingerprint density at radius 1 is 0.667 bits per heavy atom. The average Bonchev–Trinajstić information content (AvgIpc) is 2.64. The molecular weight excluding hydrogens is 316 g/mol. The van der Waals surface area contributed by atoms with Crippen LogP contribution in [0, 0.1) is 22.7 Å². The normalized spacial score (nSPS) is 9.75. The van der Waals surface area contributed by atoms with Crippen molar-refractivity contribution in [2.24, 2.45) is 0 Å². The van der Waals surface area contributed by atoms with Gasteiger partial charge in [0.25, 0.3) is 0 Å². The van der Waals surface area contributed by atoms with Gasteiger partial charge in [-0.05, 0) is 48.5 Å². The van der Waals surface area contributed by atoms with Gasteiger partial charge in [-0.25, -0.2) is 0 Å². The molecule has 0 unspecified atom stereocenters. The number of ether oxygens (including phenoxy) is 1. The van der Waals surface area contributed by atoms with Crippen LogP contribution in [0.1, 0.15) is 11.1 Å². The fraction of sp³-hybridized carbons (Fsp3) is 0. The lowest BCUT2D eigenvalue weighted by Crippen LogP contribution is -1.87. The standard InChI is InChI=1S/C20H12N2OS/c21-13-15-5-4-6-16(14-22)20(15)24-19-11-9-18(10-12-19)23-17-7-2-1-3-8-17/h1-12H. The van der Waals surface area contributed by atoms with Crippen LogP contribution in [0.5, 0.6) is 11.5 Å². The molecule has 0 aromatic heterocycles. The van der Waals surface area contributed by atoms with E-state index in [1.807, 2.05) is 54.6 Å². The number of benzene rings is 3. The summed E-state index contributed by atoms with van der Waals surface area (Å²) in [6.07, 6.45) is 0. The topological polar surface area (TPSA) is 56.8 Å². The maximum atomic E-state index is 9.23. The van der Waals surface area contributed by atoms with Crippen molar-refractivity contribution in [2.75, 3.05) is 0 Å². The van der Waals surface area contributed by atoms with Crippen LogP contribution in [0.4, 0.5) is 0 Å². The molecule has 0 fully saturated rings. The Balaban J connectivity index is 1.81. The van der Waals surface area contributed by atoms with Crippen LogP contribution in [0.3, 0.4) is 0 Å². The Morgan fingerprint density at radius 2 is 1.25 bits per heavy atom. The van der Waals surface area contributed by atoms with Gasteiger partial charge in [-0.15, -0.1) is 0 Å². The molecule has 24 heavy (non-hydrogen) atoms. The van der Waals surface area contributed by atoms with Crippen molar-refractivity contribution in [1.29, 1.82) is 10.5 Å². The number of para-hydroxylation sites is 1. The second kappa shape index (κ2) is 7.37. The third kappa shape index (κ3) is 3.57. The largest absolute Gasteiger partial charge is 0.457 e. The van der Waals surface area contributed by atoms with Gasteiger partial charge in [0.05, 0.1) is 11.1 Å². The molecule has 0 amide bonds. The van der Waals surface area contributed by atoms with E-state index in [2.05, 4.69) is 12.1 Å². The van der Waals surface area contributed by atoms with Gasteiger partial charge >= 0.3 is 0 Å². The second-order valence-electron chi connectivity index (χ2n) is 4.89. The third-order valence-corrected chi connectivity index (χ3v) is 4.43. The van der Waals surface area contributed by atoms with Crippen molar-refractivity contribution < 1.29 is 4.74 Å². The molecule has 3 aromatic rings. The number of hydrogen-bond donors (Lipinski definition) is 0. The van der Waals surface area contributed by atoms with E-state index in [0.717, 1.165) is 16.4 Å². The molecule has 0 saturated carbocycles. The molecule has 0 N–H and O–H groups in total. The Kier molecular flexibility index (Phi) is 4.81. The van der Waals surface area contributed by atoms with Crippen LogP contribution in [0.2, 0.25) is 0 Å². The predicted octanol–water partition coefficient (Wildman–Crippen LogP) is 5.37. The summed E-state index contributed by atoms with van der Waals surface area (Å²) in [7, 11) is 0. The summed E-state index contributed by atoms with van der Waals surface area (Å²) >= 11 is 1.40. The maximum Gasteiger partial charge on any atom is 0.127 e. The highest BCUT2D eigenvalue weighted by Gasteiger charge is 2.10. The quantitative estimate of drug-likeness (QED) is 0.645. The third-order valence-electron chi connectivity index (χ3n) is 3.28. The van der Waals surface area contributed by atoms with Crippen LogP contribution < -0.4 is 4.74 Å². The van der Waals surface area contributed by atoms with E-state index >= 15 is 0 Å². The average molecular weight is 328 g/mol. The molecule has 0 radical (unpaired) electrons. The lowest BCUT2D eigenvalue weighted by molar-refractivity contribution is 0.482. The first kappa shape index (κ1) is 15.7. The highest BCUT2D eigenvalue weighted by Crippen LogP contribution is 2.34. The summed E-state index contributed by atoms with van der Waals surface area (Å²) in [4.78, 5) is 1.62. The van der Waals surface area contributed by atoms with Gasteiger partial charge in [0.2, 0.25) is 0 Å². The van der Waals surface area contributed by atoms with Gasteiger partial charge in [-0.3, -0.25) is 0 Å². The highest BCUT2D eigenvalue weighted by molar-refractivity contribution is 7.99. The zero-order chi connectivity index (χ0) is 16.8. The van der Waals surface area contributed by atoms with Crippen molar-refractivity contribution in [3.63, 3.8) is 0 Å². The smallest absolute Gasteiger partial charge is 0.127 e. The molecule has 0 aliphatic rings. The Hall–Kier alpha value is -3.21. The molecule has 4 heteroatoms. The summed E-state index contributed by atoms with van der Waals surface area (Å²) in [5, 5.41) is 18.5. The molecule has 3 rings (SSSR count). The van der Waals surface area contributed by atoms with Crippen molar-refractivity contribution in [3.8, 4) is 23.6 Å². The van der Waals surface area contributed by atoms with Crippen molar-refractivity contribution in [1.82, 2.24) is 0 Å². The van der Waals surface area contributed by atoms with Crippen LogP contribution >= 0.6 is 11.8 Å². The molecule has 0 atom stereocenters. The van der Waals surface area contributed by atoms with Gasteiger partial charge in [-0.1, -0.05) is 36.0 Å². The first-order chi connectivity index (χ1) is 11.8. The predicted molar refractivity (Wildman–Crippen MR) is 93.0 cm³/mol. The fourth-order valence-corrected chi connectivity index (χ4v) is 3.10. The van der Waals surface area contributed by atoms with Crippen LogP contribution in [-0.4, -0.2) is 0 Å². The number of nitrogens with zero attached hydrogens (tertiary/aromatic N) is 2. The first-order valence-corrected chi connectivity index (χ1v) is 8.06. The molecule has 0 aliphatic heterocycles. The van der Waals surface area contributed by atoms with Crippen LogP contribution in [0.25, 0.3) is 0 Å². The lowest BCUT2D eigenvalue weighted by atomic mass is 10.1. The van der Waals surface area contributed by atoms with E-state index in [1.165, 1.54) is 11.8 Å². The van der Waals surface area contributed by atoms with Gasteiger partial charge in [-0.2, -0.15) is 10.5 Å². The Morgan fingerprint density at radius 3 is 1.83 bits per heavy atom. The number of rotatable bonds is 4. The van der Waals surface area contributed by atoms with E-state index < -0.39 is 0 Å². The van der Waals surface area contributed by atoms with Crippen molar-refractivity contribution in [3.05, 3.63) is 83.9 Å². The van der Waals surface area contributed by atoms with Gasteiger partial charge in [0.15, 0.2) is 0 Å². The number of nitriles is 2. The lowest BCUT2D eigenvalue weighted by Gasteiger charge is -2.08. The molecule has 114 valence electrons. The Labute approximate surface area is 144 Å². The van der Waals surface area contributed by atoms with Gasteiger partial charge in [0, 0.05) is 9.79 Å². The van der Waals surface area contributed by atoms with Gasteiger partial charge in [0.1, 0.15) is 23.6 Å². The van der Waals surface area contributed by atoms with Crippen LogP contribution in [0.15, 0.2) is 82.6 Å². The summed E-state index contributed by atoms with van der Waals surface area (Å²) < 4.78 is 5.76. The molecule has 0 saturated heterocycles. The monoisotopic (exact) mass is 328 g/mol. The van der Waals surface area contributed by atoms with E-state index in [0.29, 0.717) is 16.0 Å². The zero-order valence-electron chi connectivity index (χ0n) is 12.6. The minimum absolute atomic E-state index is 0.503.